The highest BCUT2D eigenvalue weighted by Gasteiger charge is 2.32. The van der Waals surface area contributed by atoms with E-state index in [4.69, 9.17) is 36.3 Å². The number of aromatic amines is 1. The number of carbonyl (C=O) groups is 2. The predicted octanol–water partition coefficient (Wildman–Crippen LogP) is 11.3. The number of benzene rings is 6. The SMILES string of the molecule is CC(C)(C)OC(=O)CCCO.CC(C)(C)OC(=O)NCCn1nnc(-c2ccccc2Cc2ccc(C(F)(F)F)cc2)n1.CCCO.FC(F)(F)c1ccc(Cc2ccccc2-c2nn[nH]n2)cc1.NCCO.NCCn1nnc(-c2ccccc2Cc2ccc(C(F)(F)F)cc2)n1. The molecule has 22 nitrogen and oxygen atoms in total. The monoisotopic (exact) mass is 1380 g/mol. The molecule has 0 spiro atoms. The number of aliphatic hydroxyl groups excluding tert-OH is 3. The van der Waals surface area contributed by atoms with Gasteiger partial charge in [0.1, 0.15) is 11.2 Å². The first-order valence-corrected chi connectivity index (χ1v) is 30.7. The van der Waals surface area contributed by atoms with Crippen LogP contribution < -0.4 is 16.8 Å². The summed E-state index contributed by atoms with van der Waals surface area (Å²) >= 11 is 0. The number of amides is 1. The first-order chi connectivity index (χ1) is 46.3. The first kappa shape index (κ1) is 80.9. The molecule has 3 aromatic heterocycles. The summed E-state index contributed by atoms with van der Waals surface area (Å²) in [5.74, 6) is 1.08. The zero-order valence-electron chi connectivity index (χ0n) is 55.2. The van der Waals surface area contributed by atoms with Crippen LogP contribution in [0.3, 0.4) is 0 Å². The summed E-state index contributed by atoms with van der Waals surface area (Å²) in [6.45, 7) is 15.0. The van der Waals surface area contributed by atoms with Gasteiger partial charge in [-0.3, -0.25) is 4.79 Å². The molecule has 9 aromatic rings. The standard InChI is InChI=1S/C22H24F3N5O2.C17H16F3N5.C15H11F3N4.C8H16O3.C3H8O.C2H7NO/c1-21(2,3)32-20(31)26-12-13-30-28-19(27-29-30)18-7-5-4-6-16(18)14-15-8-10-17(11-9-15)22(23,24)25;18-17(19,20)14-7-5-12(6-8-14)11-13-3-1-2-4-15(13)16-22-24-25(23-16)10-9-21;16-15(17,18)12-7-5-10(6-8-12)9-11-3-1-2-4-13(11)14-19-21-22-20-14;1-8(2,3)11-7(10)5-4-6-9;1-2-3-4;3-1-2-4/h4-11H,12-14H2,1-3H3,(H,26,31);1-8H,9-11,21H2;1-8H,9H2,(H,19,20,21,22);9H,4-6H2,1-3H3;4H,2-3H2,1H3;4H,1-3H2. The minimum Gasteiger partial charge on any atom is -0.460 e. The molecule has 0 radical (unpaired) electrons. The summed E-state index contributed by atoms with van der Waals surface area (Å²) in [4.78, 5) is 25.4. The number of esters is 1. The van der Waals surface area contributed by atoms with Crippen molar-refractivity contribution in [3.8, 4) is 34.2 Å². The van der Waals surface area contributed by atoms with Gasteiger partial charge in [0.25, 0.3) is 0 Å². The second-order valence-corrected chi connectivity index (χ2v) is 23.1. The van der Waals surface area contributed by atoms with Crippen LogP contribution in [0, 0.1) is 0 Å². The zero-order chi connectivity index (χ0) is 72.5. The second kappa shape index (κ2) is 39.6. The number of carbonyl (C=O) groups excluding carboxylic acids is 2. The lowest BCUT2D eigenvalue weighted by Crippen LogP contribution is -2.34. The molecule has 0 unspecified atom stereocenters. The van der Waals surface area contributed by atoms with E-state index in [1.165, 1.54) is 46.0 Å². The van der Waals surface area contributed by atoms with Crippen LogP contribution >= 0.6 is 0 Å². The molecule has 0 aliphatic rings. The third-order valence-corrected chi connectivity index (χ3v) is 12.7. The molecule has 0 saturated heterocycles. The Balaban J connectivity index is 0.000000279. The van der Waals surface area contributed by atoms with Crippen molar-refractivity contribution in [2.24, 2.45) is 11.5 Å². The summed E-state index contributed by atoms with van der Waals surface area (Å²) in [6, 6.07) is 37.7. The average molecular weight is 1380 g/mol. The molecule has 0 atom stereocenters. The van der Waals surface area contributed by atoms with Gasteiger partial charge in [0.05, 0.1) is 36.4 Å². The van der Waals surface area contributed by atoms with Gasteiger partial charge in [-0.1, -0.05) is 116 Å². The van der Waals surface area contributed by atoms with Crippen LogP contribution in [-0.4, -0.2) is 139 Å². The van der Waals surface area contributed by atoms with Crippen molar-refractivity contribution in [3.63, 3.8) is 0 Å². The van der Waals surface area contributed by atoms with E-state index < -0.39 is 52.5 Å². The molecule has 1 amide bonds. The fourth-order valence-electron chi connectivity index (χ4n) is 8.24. The smallest absolute Gasteiger partial charge is 0.416 e. The number of nitrogens with two attached hydrogens (primary N) is 2. The molecule has 9 N–H and O–H groups in total. The van der Waals surface area contributed by atoms with Gasteiger partial charge in [0, 0.05) is 56.0 Å². The highest BCUT2D eigenvalue weighted by Crippen LogP contribution is 2.33. The number of tetrazole rings is 3. The van der Waals surface area contributed by atoms with Crippen LogP contribution in [0.1, 0.15) is 118 Å². The highest BCUT2D eigenvalue weighted by molar-refractivity contribution is 5.70. The van der Waals surface area contributed by atoms with Crippen molar-refractivity contribution in [1.29, 1.82) is 0 Å². The fourth-order valence-corrected chi connectivity index (χ4v) is 8.24. The van der Waals surface area contributed by atoms with Crippen molar-refractivity contribution in [2.75, 3.05) is 39.5 Å². The quantitative estimate of drug-likeness (QED) is 0.0292. The molecule has 3 heterocycles. The number of hydrogen-bond donors (Lipinski definition) is 7. The highest BCUT2D eigenvalue weighted by atomic mass is 19.4. The molecule has 98 heavy (non-hydrogen) atoms. The Kier molecular flexibility index (Phi) is 32.7. The van der Waals surface area contributed by atoms with Gasteiger partial charge in [-0.2, -0.15) is 54.3 Å². The van der Waals surface area contributed by atoms with E-state index in [0.717, 1.165) is 92.9 Å². The van der Waals surface area contributed by atoms with E-state index in [0.29, 0.717) is 82.4 Å². The maximum atomic E-state index is 12.8. The summed E-state index contributed by atoms with van der Waals surface area (Å²) in [5, 5.41) is 65.1. The molecule has 530 valence electrons. The third-order valence-electron chi connectivity index (χ3n) is 12.7. The number of hydrogen-bond acceptors (Lipinski definition) is 18. The Morgan fingerprint density at radius 2 is 0.867 bits per heavy atom. The maximum absolute atomic E-state index is 12.8. The van der Waals surface area contributed by atoms with Gasteiger partial charge in [0.15, 0.2) is 0 Å². The Bertz CT molecular complexity index is 3740. The molecule has 0 fully saturated rings. The summed E-state index contributed by atoms with van der Waals surface area (Å²) in [6.07, 6.45) is -10.5. The number of alkyl halides is 9. The van der Waals surface area contributed by atoms with E-state index >= 15 is 0 Å². The number of nitrogens with zero attached hydrogens (tertiary/aromatic N) is 11. The van der Waals surface area contributed by atoms with Gasteiger partial charge < -0.3 is 41.6 Å². The van der Waals surface area contributed by atoms with Gasteiger partial charge >= 0.3 is 30.6 Å². The largest absolute Gasteiger partial charge is 0.460 e. The Morgan fingerprint density at radius 1 is 0.500 bits per heavy atom. The molecule has 0 saturated carbocycles. The molecule has 6 aromatic carbocycles. The number of ether oxygens (including phenoxy) is 2. The lowest BCUT2D eigenvalue weighted by molar-refractivity contribution is -0.155. The van der Waals surface area contributed by atoms with Crippen LogP contribution in [-0.2, 0) is 65.1 Å². The van der Waals surface area contributed by atoms with Gasteiger partial charge in [0.2, 0.25) is 17.5 Å². The molecule has 0 aliphatic heterocycles. The van der Waals surface area contributed by atoms with Crippen molar-refractivity contribution >= 4 is 12.1 Å². The van der Waals surface area contributed by atoms with E-state index in [1.807, 2.05) is 100 Å². The number of halogens is 9. The minimum absolute atomic E-state index is 0.0409. The molecular formula is C67H82F9N15O7. The van der Waals surface area contributed by atoms with Crippen LogP contribution in [0.15, 0.2) is 146 Å². The number of H-pyrrole nitrogens is 1. The Morgan fingerprint density at radius 3 is 1.18 bits per heavy atom. The first-order valence-electron chi connectivity index (χ1n) is 30.7. The van der Waals surface area contributed by atoms with Crippen LogP contribution in [0.25, 0.3) is 34.2 Å². The maximum Gasteiger partial charge on any atom is 0.416 e. The molecule has 0 bridgehead atoms. The normalized spacial score (nSPS) is 11.4. The lowest BCUT2D eigenvalue weighted by atomic mass is 9.98. The van der Waals surface area contributed by atoms with Gasteiger partial charge in [-0.25, -0.2) is 4.79 Å². The Labute approximate surface area is 561 Å². The number of rotatable bonds is 19. The lowest BCUT2D eigenvalue weighted by Gasteiger charge is -2.19. The van der Waals surface area contributed by atoms with Gasteiger partial charge in [-0.05, 0) is 159 Å². The molecule has 9 rings (SSSR count). The van der Waals surface area contributed by atoms with E-state index in [1.54, 1.807) is 20.8 Å². The van der Waals surface area contributed by atoms with Crippen LogP contribution in [0.4, 0.5) is 44.3 Å². The van der Waals surface area contributed by atoms with Crippen LogP contribution in [0.2, 0.25) is 0 Å². The van der Waals surface area contributed by atoms with Crippen molar-refractivity contribution in [3.05, 3.63) is 196 Å². The van der Waals surface area contributed by atoms with Crippen molar-refractivity contribution in [1.82, 2.24) is 66.4 Å². The zero-order valence-corrected chi connectivity index (χ0v) is 55.2. The number of aliphatic hydroxyl groups is 3. The molecular weight excluding hydrogens is 1300 g/mol. The van der Waals surface area contributed by atoms with E-state index in [9.17, 15) is 49.1 Å². The molecule has 0 aliphatic carbocycles. The topological polar surface area (TPSA) is 319 Å². The summed E-state index contributed by atoms with van der Waals surface area (Å²) in [5.41, 5.74) is 14.6. The third kappa shape index (κ3) is 29.8. The van der Waals surface area contributed by atoms with Gasteiger partial charge in [-0.15, -0.1) is 30.6 Å². The predicted molar refractivity (Wildman–Crippen MR) is 348 cm³/mol. The number of alkyl carbamates (subject to hydrolysis) is 1. The van der Waals surface area contributed by atoms with Crippen LogP contribution in [0.5, 0.6) is 0 Å². The number of aromatic nitrogens is 12. The average Bonchev–Trinajstić information content (AvgIpc) is 1.37. The molecule has 31 heteroatoms. The summed E-state index contributed by atoms with van der Waals surface area (Å²) in [7, 11) is 0. The summed E-state index contributed by atoms with van der Waals surface area (Å²) < 4.78 is 124. The number of nitrogens with one attached hydrogen (secondary N) is 2. The Hall–Kier alpha value is -9.56. The minimum atomic E-state index is -4.36. The van der Waals surface area contributed by atoms with E-state index in [2.05, 4.69) is 56.8 Å². The van der Waals surface area contributed by atoms with Crippen molar-refractivity contribution in [2.45, 2.75) is 130 Å². The van der Waals surface area contributed by atoms with E-state index in [-0.39, 0.29) is 25.7 Å². The van der Waals surface area contributed by atoms with Crippen molar-refractivity contribution < 1.29 is 73.9 Å². The second-order valence-electron chi connectivity index (χ2n) is 23.1. The fraction of sp³-hybridized carbons (Fsp3) is 0.388.